The number of nitrogens with one attached hydrogen (secondary N) is 2. The van der Waals surface area contributed by atoms with E-state index in [1.165, 1.54) is 0 Å². The number of aromatic nitrogens is 1. The fourth-order valence-electron chi connectivity index (χ4n) is 3.75. The second kappa shape index (κ2) is 10.5. The van der Waals surface area contributed by atoms with Gasteiger partial charge >= 0.3 is 12.0 Å². The molecule has 2 heterocycles. The normalized spacial score (nSPS) is 15.4. The standard InChI is InChI=1S/C26H25N3O4/c1-32-21-11-5-9-18(15-21)12-13-22-23(25(30)33-17-19-7-3-2-4-8-19)24(29-26(31)28-22)20-10-6-14-27-16-20/h2-11,14-16,24H,12-13,17H2,1H3,(H2,28,29,31). The maximum atomic E-state index is 13.3. The molecular weight excluding hydrogens is 418 g/mol. The molecule has 2 amide bonds. The van der Waals surface area contributed by atoms with Gasteiger partial charge in [0.25, 0.3) is 0 Å². The van der Waals surface area contributed by atoms with E-state index in [1.807, 2.05) is 60.7 Å². The minimum Gasteiger partial charge on any atom is -0.497 e. The summed E-state index contributed by atoms with van der Waals surface area (Å²) in [5.74, 6) is 0.271. The summed E-state index contributed by atoms with van der Waals surface area (Å²) in [5.41, 5.74) is 3.53. The molecule has 0 aliphatic carbocycles. The lowest BCUT2D eigenvalue weighted by Gasteiger charge is -2.29. The zero-order valence-corrected chi connectivity index (χ0v) is 18.3. The number of amides is 2. The third-order valence-corrected chi connectivity index (χ3v) is 5.40. The molecule has 1 aliphatic heterocycles. The number of allylic oxidation sites excluding steroid dienone is 1. The fourth-order valence-corrected chi connectivity index (χ4v) is 3.75. The monoisotopic (exact) mass is 443 g/mol. The summed E-state index contributed by atoms with van der Waals surface area (Å²) < 4.78 is 10.9. The number of carbonyl (C=O) groups excluding carboxylic acids is 2. The third kappa shape index (κ3) is 5.57. The second-order valence-corrected chi connectivity index (χ2v) is 7.62. The quantitative estimate of drug-likeness (QED) is 0.512. The van der Waals surface area contributed by atoms with Crippen molar-refractivity contribution in [1.82, 2.24) is 15.6 Å². The van der Waals surface area contributed by atoms with Gasteiger partial charge in [-0.3, -0.25) is 4.98 Å². The van der Waals surface area contributed by atoms with Crippen molar-refractivity contribution >= 4 is 12.0 Å². The van der Waals surface area contributed by atoms with E-state index < -0.39 is 12.0 Å². The molecule has 1 aromatic heterocycles. The number of aryl methyl sites for hydroxylation is 1. The van der Waals surface area contributed by atoms with Gasteiger partial charge in [0.05, 0.1) is 18.7 Å². The van der Waals surface area contributed by atoms with Crippen molar-refractivity contribution in [1.29, 1.82) is 0 Å². The Balaban J connectivity index is 1.63. The summed E-state index contributed by atoms with van der Waals surface area (Å²) in [7, 11) is 1.62. The second-order valence-electron chi connectivity index (χ2n) is 7.62. The van der Waals surface area contributed by atoms with E-state index in [9.17, 15) is 9.59 Å². The topological polar surface area (TPSA) is 89.6 Å². The Morgan fingerprint density at radius 2 is 1.82 bits per heavy atom. The highest BCUT2D eigenvalue weighted by Crippen LogP contribution is 2.29. The molecule has 1 unspecified atom stereocenters. The Labute approximate surface area is 192 Å². The van der Waals surface area contributed by atoms with E-state index >= 15 is 0 Å². The van der Waals surface area contributed by atoms with Crippen molar-refractivity contribution in [2.24, 2.45) is 0 Å². The summed E-state index contributed by atoms with van der Waals surface area (Å²) in [6, 6.07) is 19.8. The molecule has 0 fully saturated rings. The average Bonchev–Trinajstić information content (AvgIpc) is 2.87. The summed E-state index contributed by atoms with van der Waals surface area (Å²) >= 11 is 0. The fraction of sp³-hybridized carbons (Fsp3) is 0.192. The molecule has 1 atom stereocenters. The van der Waals surface area contributed by atoms with E-state index in [-0.39, 0.29) is 12.6 Å². The first-order valence-electron chi connectivity index (χ1n) is 10.7. The number of methoxy groups -OCH3 is 1. The number of rotatable bonds is 8. The first kappa shape index (κ1) is 22.1. The van der Waals surface area contributed by atoms with Crippen LogP contribution in [0.4, 0.5) is 4.79 Å². The van der Waals surface area contributed by atoms with E-state index in [2.05, 4.69) is 15.6 Å². The highest BCUT2D eigenvalue weighted by molar-refractivity contribution is 5.95. The number of pyridine rings is 1. The number of urea groups is 1. The van der Waals surface area contributed by atoms with Crippen LogP contribution in [0.5, 0.6) is 5.75 Å². The SMILES string of the molecule is COc1cccc(CCC2=C(C(=O)OCc3ccccc3)C(c3cccnc3)NC(=O)N2)c1. The van der Waals surface area contributed by atoms with E-state index in [4.69, 9.17) is 9.47 Å². The molecule has 0 radical (unpaired) electrons. The molecule has 4 rings (SSSR count). The van der Waals surface area contributed by atoms with Crippen LogP contribution in [0.1, 0.15) is 29.2 Å². The Morgan fingerprint density at radius 1 is 1.00 bits per heavy atom. The Bertz CT molecular complexity index is 1150. The molecule has 7 nitrogen and oxygen atoms in total. The van der Waals surface area contributed by atoms with Crippen LogP contribution in [0.3, 0.4) is 0 Å². The van der Waals surface area contributed by atoms with Gasteiger partial charge in [-0.15, -0.1) is 0 Å². The van der Waals surface area contributed by atoms with Gasteiger partial charge in [-0.1, -0.05) is 48.5 Å². The number of nitrogens with zero attached hydrogens (tertiary/aromatic N) is 1. The van der Waals surface area contributed by atoms with Crippen molar-refractivity contribution in [3.63, 3.8) is 0 Å². The van der Waals surface area contributed by atoms with Crippen molar-refractivity contribution in [3.05, 3.63) is 107 Å². The zero-order chi connectivity index (χ0) is 23.0. The predicted molar refractivity (Wildman–Crippen MR) is 123 cm³/mol. The Kier molecular flexibility index (Phi) is 6.99. The van der Waals surface area contributed by atoms with Crippen LogP contribution >= 0.6 is 0 Å². The third-order valence-electron chi connectivity index (χ3n) is 5.40. The maximum Gasteiger partial charge on any atom is 0.338 e. The minimum absolute atomic E-state index is 0.139. The Hall–Kier alpha value is -4.13. The first-order valence-corrected chi connectivity index (χ1v) is 10.7. The van der Waals surface area contributed by atoms with Crippen LogP contribution in [-0.2, 0) is 22.6 Å². The number of hydrogen-bond donors (Lipinski definition) is 2. The van der Waals surface area contributed by atoms with Gasteiger partial charge in [-0.05, 0) is 47.7 Å². The molecule has 0 spiro atoms. The number of carbonyl (C=O) groups is 2. The van der Waals surface area contributed by atoms with Crippen LogP contribution in [0.25, 0.3) is 0 Å². The van der Waals surface area contributed by atoms with Gasteiger partial charge in [-0.2, -0.15) is 0 Å². The van der Waals surface area contributed by atoms with Crippen LogP contribution < -0.4 is 15.4 Å². The molecule has 0 saturated carbocycles. The summed E-state index contributed by atoms with van der Waals surface area (Å²) in [5, 5.41) is 5.66. The maximum absolute atomic E-state index is 13.3. The van der Waals surface area contributed by atoms with Crippen molar-refractivity contribution < 1.29 is 19.1 Å². The summed E-state index contributed by atoms with van der Waals surface area (Å²) in [6.07, 6.45) is 4.35. The molecular formula is C26H25N3O4. The lowest BCUT2D eigenvalue weighted by molar-refractivity contribution is -0.140. The lowest BCUT2D eigenvalue weighted by Crippen LogP contribution is -2.46. The minimum atomic E-state index is -0.656. The molecule has 1 aliphatic rings. The molecule has 0 saturated heterocycles. The number of ether oxygens (including phenoxy) is 2. The summed E-state index contributed by atoms with van der Waals surface area (Å²) in [4.78, 5) is 29.9. The van der Waals surface area contributed by atoms with Crippen LogP contribution in [-0.4, -0.2) is 24.1 Å². The molecule has 33 heavy (non-hydrogen) atoms. The molecule has 2 N–H and O–H groups in total. The zero-order valence-electron chi connectivity index (χ0n) is 18.3. The summed E-state index contributed by atoms with van der Waals surface area (Å²) in [6.45, 7) is 0.139. The number of esters is 1. The van der Waals surface area contributed by atoms with Gasteiger partial charge in [0.15, 0.2) is 0 Å². The van der Waals surface area contributed by atoms with E-state index in [1.54, 1.807) is 25.6 Å². The van der Waals surface area contributed by atoms with Gasteiger partial charge in [0.1, 0.15) is 12.4 Å². The van der Waals surface area contributed by atoms with Gasteiger partial charge < -0.3 is 20.1 Å². The van der Waals surface area contributed by atoms with Crippen LogP contribution in [0.15, 0.2) is 90.4 Å². The van der Waals surface area contributed by atoms with E-state index in [0.717, 1.165) is 16.9 Å². The molecule has 168 valence electrons. The van der Waals surface area contributed by atoms with E-state index in [0.29, 0.717) is 29.7 Å². The van der Waals surface area contributed by atoms with Gasteiger partial charge in [0, 0.05) is 18.1 Å². The van der Waals surface area contributed by atoms with Crippen LogP contribution in [0, 0.1) is 0 Å². The Morgan fingerprint density at radius 3 is 2.58 bits per heavy atom. The van der Waals surface area contributed by atoms with Gasteiger partial charge in [-0.25, -0.2) is 9.59 Å². The number of benzene rings is 2. The molecule has 3 aromatic rings. The first-order chi connectivity index (χ1) is 16.1. The molecule has 2 aromatic carbocycles. The number of hydrogen-bond acceptors (Lipinski definition) is 5. The predicted octanol–water partition coefficient (Wildman–Crippen LogP) is 4.07. The van der Waals surface area contributed by atoms with Crippen molar-refractivity contribution in [2.75, 3.05) is 7.11 Å². The lowest BCUT2D eigenvalue weighted by atomic mass is 9.94. The van der Waals surface area contributed by atoms with Crippen molar-refractivity contribution in [2.45, 2.75) is 25.5 Å². The van der Waals surface area contributed by atoms with Gasteiger partial charge in [0.2, 0.25) is 0 Å². The molecule has 0 bridgehead atoms. The highest BCUT2D eigenvalue weighted by atomic mass is 16.5. The van der Waals surface area contributed by atoms with Crippen molar-refractivity contribution in [3.8, 4) is 5.75 Å². The average molecular weight is 444 g/mol. The highest BCUT2D eigenvalue weighted by Gasteiger charge is 2.33. The van der Waals surface area contributed by atoms with Crippen LogP contribution in [0.2, 0.25) is 0 Å². The smallest absolute Gasteiger partial charge is 0.338 e. The largest absolute Gasteiger partial charge is 0.497 e. The molecule has 7 heteroatoms.